The van der Waals surface area contributed by atoms with Gasteiger partial charge in [0.1, 0.15) is 11.3 Å². The summed E-state index contributed by atoms with van der Waals surface area (Å²) in [5.74, 6) is -0.155. The van der Waals surface area contributed by atoms with Crippen LogP contribution in [0.1, 0.15) is 23.6 Å². The van der Waals surface area contributed by atoms with E-state index in [1.54, 1.807) is 31.2 Å². The standard InChI is InChI=1S/C21H19N3O6/c1-3-15-5-4-14(9-18(15)24(27)28)11-22-23-20(25)12-29-16-6-7-17-13(2)8-21(26)30-19(17)10-16/h4-11H,3,12H2,1-2H3,(H,23,25)/b22-11-. The molecule has 0 spiro atoms. The van der Waals surface area contributed by atoms with Gasteiger partial charge in [0.15, 0.2) is 6.61 Å². The van der Waals surface area contributed by atoms with Crippen LogP contribution >= 0.6 is 0 Å². The minimum atomic E-state index is -0.517. The van der Waals surface area contributed by atoms with E-state index in [4.69, 9.17) is 9.15 Å². The predicted octanol–water partition coefficient (Wildman–Crippen LogP) is 3.10. The molecule has 1 heterocycles. The lowest BCUT2D eigenvalue weighted by Crippen LogP contribution is -2.24. The number of nitro groups is 1. The fourth-order valence-electron chi connectivity index (χ4n) is 2.89. The van der Waals surface area contributed by atoms with Crippen LogP contribution < -0.4 is 15.8 Å². The van der Waals surface area contributed by atoms with E-state index < -0.39 is 16.5 Å². The molecule has 2 aromatic carbocycles. The number of aryl methyl sites for hydroxylation is 2. The Bertz CT molecular complexity index is 1200. The normalized spacial score (nSPS) is 11.0. The zero-order valence-electron chi connectivity index (χ0n) is 16.4. The number of nitro benzene ring substituents is 1. The number of rotatable bonds is 7. The first kappa shape index (κ1) is 20.7. The predicted molar refractivity (Wildman–Crippen MR) is 111 cm³/mol. The summed E-state index contributed by atoms with van der Waals surface area (Å²) >= 11 is 0. The SMILES string of the molecule is CCc1ccc(/C=N\NC(=O)COc2ccc3c(C)cc(=O)oc3c2)cc1[N+](=O)[O-]. The molecular weight excluding hydrogens is 390 g/mol. The van der Waals surface area contributed by atoms with Crippen molar-refractivity contribution in [1.29, 1.82) is 0 Å². The van der Waals surface area contributed by atoms with Crippen LogP contribution in [0.5, 0.6) is 5.75 Å². The minimum absolute atomic E-state index is 0.00861. The monoisotopic (exact) mass is 409 g/mol. The van der Waals surface area contributed by atoms with Crippen molar-refractivity contribution >= 4 is 28.8 Å². The summed E-state index contributed by atoms with van der Waals surface area (Å²) in [4.78, 5) is 34.1. The zero-order valence-corrected chi connectivity index (χ0v) is 16.4. The van der Waals surface area contributed by atoms with Crippen molar-refractivity contribution in [3.05, 3.63) is 79.7 Å². The molecule has 0 unspecified atom stereocenters. The van der Waals surface area contributed by atoms with E-state index in [-0.39, 0.29) is 12.3 Å². The largest absolute Gasteiger partial charge is 0.484 e. The number of hydrazone groups is 1. The number of hydrogen-bond donors (Lipinski definition) is 1. The Hall–Kier alpha value is -4.01. The number of nitrogens with one attached hydrogen (secondary N) is 1. The third-order valence-electron chi connectivity index (χ3n) is 4.38. The van der Waals surface area contributed by atoms with Gasteiger partial charge in [0, 0.05) is 34.7 Å². The quantitative estimate of drug-likeness (QED) is 0.277. The smallest absolute Gasteiger partial charge is 0.336 e. The second-order valence-electron chi connectivity index (χ2n) is 6.49. The van der Waals surface area contributed by atoms with E-state index in [1.165, 1.54) is 24.4 Å². The Morgan fingerprint density at radius 2 is 2.07 bits per heavy atom. The second kappa shape index (κ2) is 8.99. The van der Waals surface area contributed by atoms with Crippen molar-refractivity contribution in [3.8, 4) is 5.75 Å². The molecule has 0 radical (unpaired) electrons. The maximum Gasteiger partial charge on any atom is 0.336 e. The molecule has 30 heavy (non-hydrogen) atoms. The topological polar surface area (TPSA) is 124 Å². The van der Waals surface area contributed by atoms with E-state index in [9.17, 15) is 19.7 Å². The average molecular weight is 409 g/mol. The molecule has 0 bridgehead atoms. The van der Waals surface area contributed by atoms with Gasteiger partial charge in [-0.3, -0.25) is 14.9 Å². The molecule has 0 aliphatic rings. The molecule has 1 aromatic heterocycles. The minimum Gasteiger partial charge on any atom is -0.484 e. The molecular formula is C21H19N3O6. The summed E-state index contributed by atoms with van der Waals surface area (Å²) in [6, 6.07) is 11.1. The van der Waals surface area contributed by atoms with Crippen LogP contribution in [-0.4, -0.2) is 23.7 Å². The fraction of sp³-hybridized carbons (Fsp3) is 0.190. The van der Waals surface area contributed by atoms with Crippen molar-refractivity contribution < 1.29 is 18.9 Å². The van der Waals surface area contributed by atoms with Crippen molar-refractivity contribution in [2.75, 3.05) is 6.61 Å². The van der Waals surface area contributed by atoms with Gasteiger partial charge in [0.25, 0.3) is 11.6 Å². The van der Waals surface area contributed by atoms with Crippen molar-refractivity contribution in [3.63, 3.8) is 0 Å². The maximum absolute atomic E-state index is 11.9. The lowest BCUT2D eigenvalue weighted by molar-refractivity contribution is -0.385. The van der Waals surface area contributed by atoms with Gasteiger partial charge in [-0.1, -0.05) is 19.1 Å². The first-order valence-corrected chi connectivity index (χ1v) is 9.14. The molecule has 154 valence electrons. The van der Waals surface area contributed by atoms with Crippen molar-refractivity contribution in [1.82, 2.24) is 5.43 Å². The number of fused-ring (bicyclic) bond motifs is 1. The summed E-state index contributed by atoms with van der Waals surface area (Å²) in [5, 5.41) is 15.7. The third kappa shape index (κ3) is 4.88. The molecule has 9 heteroatoms. The molecule has 1 amide bonds. The first-order chi connectivity index (χ1) is 14.4. The number of benzene rings is 2. The Kier molecular flexibility index (Phi) is 6.21. The van der Waals surface area contributed by atoms with Crippen LogP contribution in [0.15, 0.2) is 56.8 Å². The van der Waals surface area contributed by atoms with Crippen molar-refractivity contribution in [2.45, 2.75) is 20.3 Å². The molecule has 1 N–H and O–H groups in total. The lowest BCUT2D eigenvalue weighted by atomic mass is 10.1. The molecule has 3 aromatic rings. The molecule has 3 rings (SSSR count). The zero-order chi connectivity index (χ0) is 21.7. The number of nitrogens with zero attached hydrogens (tertiary/aromatic N) is 2. The summed E-state index contributed by atoms with van der Waals surface area (Å²) < 4.78 is 10.5. The fourth-order valence-corrected chi connectivity index (χ4v) is 2.89. The number of carbonyl (C=O) groups excluding carboxylic acids is 1. The molecule has 0 aliphatic heterocycles. The molecule has 0 fully saturated rings. The second-order valence-corrected chi connectivity index (χ2v) is 6.49. The van der Waals surface area contributed by atoms with Crippen LogP contribution in [0, 0.1) is 17.0 Å². The highest BCUT2D eigenvalue weighted by molar-refractivity contribution is 5.84. The van der Waals surface area contributed by atoms with Crippen LogP contribution in [0.3, 0.4) is 0 Å². The molecule has 0 aliphatic carbocycles. The first-order valence-electron chi connectivity index (χ1n) is 9.14. The van der Waals surface area contributed by atoms with E-state index >= 15 is 0 Å². The Morgan fingerprint density at radius 1 is 1.27 bits per heavy atom. The Morgan fingerprint density at radius 3 is 2.80 bits per heavy atom. The van der Waals surface area contributed by atoms with Crippen LogP contribution in [-0.2, 0) is 11.2 Å². The highest BCUT2D eigenvalue weighted by atomic mass is 16.6. The summed E-state index contributed by atoms with van der Waals surface area (Å²) in [7, 11) is 0. The van der Waals surface area contributed by atoms with Gasteiger partial charge in [-0.15, -0.1) is 0 Å². The van der Waals surface area contributed by atoms with Gasteiger partial charge >= 0.3 is 5.63 Å². The number of hydrogen-bond acceptors (Lipinski definition) is 7. The third-order valence-corrected chi connectivity index (χ3v) is 4.38. The molecule has 0 atom stereocenters. The van der Waals surface area contributed by atoms with Gasteiger partial charge < -0.3 is 9.15 Å². The molecule has 9 nitrogen and oxygen atoms in total. The summed E-state index contributed by atoms with van der Waals surface area (Å²) in [6.45, 7) is 3.32. The Balaban J connectivity index is 1.60. The van der Waals surface area contributed by atoms with Gasteiger partial charge in [0.05, 0.1) is 11.1 Å². The number of amides is 1. The number of carbonyl (C=O) groups is 1. The van der Waals surface area contributed by atoms with E-state index in [1.807, 2.05) is 6.92 Å². The van der Waals surface area contributed by atoms with Gasteiger partial charge in [0.2, 0.25) is 0 Å². The summed E-state index contributed by atoms with van der Waals surface area (Å²) in [6.07, 6.45) is 1.86. The van der Waals surface area contributed by atoms with Crippen LogP contribution in [0.2, 0.25) is 0 Å². The van der Waals surface area contributed by atoms with Crippen LogP contribution in [0.4, 0.5) is 5.69 Å². The average Bonchev–Trinajstić information content (AvgIpc) is 2.71. The van der Waals surface area contributed by atoms with Gasteiger partial charge in [-0.05, 0) is 31.0 Å². The highest BCUT2D eigenvalue weighted by Gasteiger charge is 2.12. The molecule has 0 saturated carbocycles. The molecule has 0 saturated heterocycles. The van der Waals surface area contributed by atoms with E-state index in [2.05, 4.69) is 10.5 Å². The number of ether oxygens (including phenoxy) is 1. The van der Waals surface area contributed by atoms with Gasteiger partial charge in [-0.2, -0.15) is 5.10 Å². The van der Waals surface area contributed by atoms with Gasteiger partial charge in [-0.25, -0.2) is 10.2 Å². The van der Waals surface area contributed by atoms with E-state index in [0.29, 0.717) is 28.9 Å². The van der Waals surface area contributed by atoms with Crippen LogP contribution in [0.25, 0.3) is 11.0 Å². The maximum atomic E-state index is 11.9. The summed E-state index contributed by atoms with van der Waals surface area (Å²) in [5.41, 5.74) is 4.10. The lowest BCUT2D eigenvalue weighted by Gasteiger charge is -2.06. The Labute approximate surface area is 171 Å². The van der Waals surface area contributed by atoms with Crippen molar-refractivity contribution in [2.24, 2.45) is 5.10 Å². The highest BCUT2D eigenvalue weighted by Crippen LogP contribution is 2.22. The van der Waals surface area contributed by atoms with E-state index in [0.717, 1.165) is 10.9 Å².